The van der Waals surface area contributed by atoms with Crippen molar-refractivity contribution in [2.75, 3.05) is 18.0 Å². The normalized spacial score (nSPS) is 19.7. The number of nitrogens with zero attached hydrogens (tertiary/aromatic N) is 4. The molecule has 0 unspecified atom stereocenters. The predicted molar refractivity (Wildman–Crippen MR) is 104 cm³/mol. The van der Waals surface area contributed by atoms with Crippen LogP contribution in [0.3, 0.4) is 0 Å². The summed E-state index contributed by atoms with van der Waals surface area (Å²) in [5.41, 5.74) is 1.94. The highest BCUT2D eigenvalue weighted by molar-refractivity contribution is 5.60. The molecule has 1 aromatic carbocycles. The van der Waals surface area contributed by atoms with E-state index < -0.39 is 11.9 Å². The highest BCUT2D eigenvalue weighted by Gasteiger charge is 2.40. The van der Waals surface area contributed by atoms with Gasteiger partial charge in [-0.1, -0.05) is 5.16 Å². The second-order valence-electron chi connectivity index (χ2n) is 8.02. The third-order valence-electron chi connectivity index (χ3n) is 6.05. The molecule has 1 saturated heterocycles. The summed E-state index contributed by atoms with van der Waals surface area (Å²) < 4.78 is 45.0. The van der Waals surface area contributed by atoms with Crippen LogP contribution in [0.4, 0.5) is 18.9 Å². The summed E-state index contributed by atoms with van der Waals surface area (Å²) in [4.78, 5) is 6.86. The summed E-state index contributed by atoms with van der Waals surface area (Å²) in [7, 11) is 0. The minimum atomic E-state index is -4.47. The molecule has 1 aliphatic carbocycles. The van der Waals surface area contributed by atoms with Crippen molar-refractivity contribution in [2.45, 2.75) is 50.6 Å². The first kappa shape index (κ1) is 19.1. The largest absolute Gasteiger partial charge is 0.435 e. The molecule has 6 nitrogen and oxygen atoms in total. The fourth-order valence-electron chi connectivity index (χ4n) is 4.43. The third kappa shape index (κ3) is 3.57. The van der Waals surface area contributed by atoms with E-state index >= 15 is 0 Å². The molecular weight excluding hydrogens is 395 g/mol. The lowest BCUT2D eigenvalue weighted by Crippen LogP contribution is -2.29. The summed E-state index contributed by atoms with van der Waals surface area (Å²) in [5, 5.41) is 10.1. The zero-order chi connectivity index (χ0) is 20.7. The molecular formula is C21H22F3N5O. The predicted octanol–water partition coefficient (Wildman–Crippen LogP) is 4.74. The molecule has 5 rings (SSSR count). The van der Waals surface area contributed by atoms with E-state index in [2.05, 4.69) is 37.4 Å². The van der Waals surface area contributed by atoms with Crippen molar-refractivity contribution in [3.63, 3.8) is 0 Å². The van der Waals surface area contributed by atoms with Crippen LogP contribution in [0.2, 0.25) is 0 Å². The van der Waals surface area contributed by atoms with Crippen LogP contribution in [0.15, 0.2) is 28.8 Å². The SMILES string of the molecule is FC(F)(F)c1n[nH]c2c1C[C@@H](c1nc(-c3ccc(N4CCCCC4)cc3)no1)CC2. The van der Waals surface area contributed by atoms with E-state index in [-0.39, 0.29) is 17.9 Å². The fraction of sp³-hybridized carbons (Fsp3) is 0.476. The van der Waals surface area contributed by atoms with Crippen molar-refractivity contribution in [1.82, 2.24) is 20.3 Å². The van der Waals surface area contributed by atoms with Gasteiger partial charge in [-0.25, -0.2) is 0 Å². The number of alkyl halides is 3. The molecule has 2 aliphatic rings. The van der Waals surface area contributed by atoms with E-state index in [1.54, 1.807) is 0 Å². The van der Waals surface area contributed by atoms with Gasteiger partial charge in [-0.15, -0.1) is 0 Å². The second kappa shape index (κ2) is 7.45. The fourth-order valence-corrected chi connectivity index (χ4v) is 4.43. The van der Waals surface area contributed by atoms with Crippen molar-refractivity contribution in [2.24, 2.45) is 0 Å². The number of anilines is 1. The van der Waals surface area contributed by atoms with Crippen LogP contribution in [-0.4, -0.2) is 33.4 Å². The first-order valence-corrected chi connectivity index (χ1v) is 10.3. The molecule has 0 radical (unpaired) electrons. The van der Waals surface area contributed by atoms with Gasteiger partial charge in [0.25, 0.3) is 0 Å². The molecule has 3 aromatic rings. The molecule has 0 bridgehead atoms. The average Bonchev–Trinajstić information content (AvgIpc) is 3.41. The number of benzene rings is 1. The number of fused-ring (bicyclic) bond motifs is 1. The molecule has 2 aromatic heterocycles. The Morgan fingerprint density at radius 1 is 1.07 bits per heavy atom. The lowest BCUT2D eigenvalue weighted by Gasteiger charge is -2.28. The van der Waals surface area contributed by atoms with Crippen molar-refractivity contribution in [3.05, 3.63) is 47.1 Å². The van der Waals surface area contributed by atoms with E-state index in [0.29, 0.717) is 30.3 Å². The summed E-state index contributed by atoms with van der Waals surface area (Å²) in [6.45, 7) is 2.15. The van der Waals surface area contributed by atoms with Crippen molar-refractivity contribution >= 4 is 5.69 Å². The zero-order valence-electron chi connectivity index (χ0n) is 16.4. The van der Waals surface area contributed by atoms with E-state index in [1.165, 1.54) is 24.9 Å². The molecule has 9 heteroatoms. The first-order chi connectivity index (χ1) is 14.5. The Kier molecular flexibility index (Phi) is 4.75. The number of hydrogen-bond donors (Lipinski definition) is 1. The molecule has 1 N–H and O–H groups in total. The molecule has 0 spiro atoms. The highest BCUT2D eigenvalue weighted by Crippen LogP contribution is 2.39. The first-order valence-electron chi connectivity index (χ1n) is 10.3. The molecule has 3 heterocycles. The van der Waals surface area contributed by atoms with Gasteiger partial charge < -0.3 is 9.42 Å². The number of hydrogen-bond acceptors (Lipinski definition) is 5. The Bertz CT molecular complexity index is 1020. The number of aryl methyl sites for hydroxylation is 1. The molecule has 158 valence electrons. The maximum Gasteiger partial charge on any atom is 0.435 e. The van der Waals surface area contributed by atoms with E-state index in [9.17, 15) is 13.2 Å². The molecule has 1 aliphatic heterocycles. The monoisotopic (exact) mass is 417 g/mol. The van der Waals surface area contributed by atoms with Gasteiger partial charge in [0.15, 0.2) is 5.69 Å². The number of aromatic nitrogens is 4. The number of nitrogens with one attached hydrogen (secondary N) is 1. The lowest BCUT2D eigenvalue weighted by atomic mass is 9.86. The second-order valence-corrected chi connectivity index (χ2v) is 8.02. The zero-order valence-corrected chi connectivity index (χ0v) is 16.4. The molecule has 1 atom stereocenters. The Morgan fingerprint density at radius 2 is 1.83 bits per heavy atom. The van der Waals surface area contributed by atoms with Gasteiger partial charge in [0, 0.05) is 41.5 Å². The van der Waals surface area contributed by atoms with Gasteiger partial charge in [0.1, 0.15) is 0 Å². The number of halogens is 3. The summed E-state index contributed by atoms with van der Waals surface area (Å²) in [5.74, 6) is 0.597. The molecule has 0 amide bonds. The average molecular weight is 417 g/mol. The highest BCUT2D eigenvalue weighted by atomic mass is 19.4. The summed E-state index contributed by atoms with van der Waals surface area (Å²) >= 11 is 0. The van der Waals surface area contributed by atoms with Crippen molar-refractivity contribution in [1.29, 1.82) is 0 Å². The van der Waals surface area contributed by atoms with E-state index in [0.717, 1.165) is 18.7 Å². The molecule has 0 saturated carbocycles. The van der Waals surface area contributed by atoms with E-state index in [4.69, 9.17) is 4.52 Å². The van der Waals surface area contributed by atoms with Gasteiger partial charge in [-0.2, -0.15) is 23.3 Å². The smallest absolute Gasteiger partial charge is 0.372 e. The molecule has 1 fully saturated rings. The van der Waals surface area contributed by atoms with Gasteiger partial charge >= 0.3 is 6.18 Å². The van der Waals surface area contributed by atoms with Gasteiger partial charge in [0.2, 0.25) is 11.7 Å². The van der Waals surface area contributed by atoms with Crippen LogP contribution in [0, 0.1) is 0 Å². The van der Waals surface area contributed by atoms with Crippen LogP contribution >= 0.6 is 0 Å². The van der Waals surface area contributed by atoms with Gasteiger partial charge in [-0.3, -0.25) is 5.10 Å². The van der Waals surface area contributed by atoms with Crippen molar-refractivity contribution in [3.8, 4) is 11.4 Å². The Balaban J connectivity index is 1.33. The maximum atomic E-state index is 13.2. The summed E-state index contributed by atoms with van der Waals surface area (Å²) in [6.07, 6.45) is 0.551. The van der Waals surface area contributed by atoms with Crippen LogP contribution in [0.25, 0.3) is 11.4 Å². The van der Waals surface area contributed by atoms with Crippen molar-refractivity contribution < 1.29 is 17.7 Å². The van der Waals surface area contributed by atoms with Gasteiger partial charge in [0.05, 0.1) is 0 Å². The summed E-state index contributed by atoms with van der Waals surface area (Å²) in [6, 6.07) is 8.06. The number of rotatable bonds is 3. The Labute approximate surface area is 171 Å². The van der Waals surface area contributed by atoms with Crippen LogP contribution in [-0.2, 0) is 19.0 Å². The Hall–Kier alpha value is -2.84. The number of piperidine rings is 1. The topological polar surface area (TPSA) is 70.8 Å². The quantitative estimate of drug-likeness (QED) is 0.667. The number of aromatic amines is 1. The van der Waals surface area contributed by atoms with Crippen LogP contribution in [0.1, 0.15) is 54.4 Å². The van der Waals surface area contributed by atoms with Crippen LogP contribution < -0.4 is 4.90 Å². The lowest BCUT2D eigenvalue weighted by molar-refractivity contribution is -0.141. The Morgan fingerprint density at radius 3 is 2.57 bits per heavy atom. The van der Waals surface area contributed by atoms with E-state index in [1.807, 2.05) is 12.1 Å². The molecule has 30 heavy (non-hydrogen) atoms. The maximum absolute atomic E-state index is 13.2. The van der Waals surface area contributed by atoms with Crippen LogP contribution in [0.5, 0.6) is 0 Å². The number of H-pyrrole nitrogens is 1. The third-order valence-corrected chi connectivity index (χ3v) is 6.05. The van der Waals surface area contributed by atoms with Gasteiger partial charge in [-0.05, 0) is 62.8 Å². The minimum Gasteiger partial charge on any atom is -0.372 e. The minimum absolute atomic E-state index is 0.191. The standard InChI is InChI=1S/C21H22F3N5O/c22-21(23,24)18-16-12-14(6-9-17(16)26-27-18)20-25-19(28-30-20)13-4-7-15(8-5-13)29-10-2-1-3-11-29/h4-5,7-8,14H,1-3,6,9-12H2,(H,26,27)/t14-/m0/s1.